The van der Waals surface area contributed by atoms with Crippen LogP contribution in [0.3, 0.4) is 0 Å². The summed E-state index contributed by atoms with van der Waals surface area (Å²) in [5.41, 5.74) is 2.94. The zero-order chi connectivity index (χ0) is 23.5. The molecule has 3 amide bonds. The number of carbonyl (C=O) groups is 3. The second-order valence-electron chi connectivity index (χ2n) is 10.8. The molecular formula is C27H38N4O3. The molecular weight excluding hydrogens is 428 g/mol. The zero-order valence-corrected chi connectivity index (χ0v) is 20.2. The fourth-order valence-corrected chi connectivity index (χ4v) is 6.38. The van der Waals surface area contributed by atoms with E-state index in [-0.39, 0.29) is 24.1 Å². The standard InChI is InChI=1S/C27H38N4O3/c32-25-11-10-24(26(33)29-25)31-18-22-14-21(8-9-23(22)27(31)34)17-30-13-3-7-20(16-30)5-1-4-19-6-2-12-28-15-19/h8-9,14,19-20,24,28H,1-7,10-13,15-18H2,(H,29,32,33). The lowest BCUT2D eigenvalue weighted by atomic mass is 9.88. The van der Waals surface area contributed by atoms with E-state index in [0.717, 1.165) is 30.5 Å². The van der Waals surface area contributed by atoms with Crippen molar-refractivity contribution >= 4 is 17.7 Å². The number of fused-ring (bicyclic) bond motifs is 1. The maximum Gasteiger partial charge on any atom is 0.255 e. The molecule has 0 saturated carbocycles. The second-order valence-corrected chi connectivity index (χ2v) is 10.8. The number of nitrogens with zero attached hydrogens (tertiary/aromatic N) is 2. The first-order valence-electron chi connectivity index (χ1n) is 13.3. The van der Waals surface area contributed by atoms with Crippen LogP contribution in [0.5, 0.6) is 0 Å². The van der Waals surface area contributed by atoms with Crippen LogP contribution < -0.4 is 10.6 Å². The molecule has 3 unspecified atom stereocenters. The number of rotatable bonds is 7. The average Bonchev–Trinajstić information content (AvgIpc) is 3.15. The summed E-state index contributed by atoms with van der Waals surface area (Å²) >= 11 is 0. The van der Waals surface area contributed by atoms with Crippen LogP contribution in [0.1, 0.15) is 79.3 Å². The highest BCUT2D eigenvalue weighted by molar-refractivity contribution is 6.05. The van der Waals surface area contributed by atoms with Gasteiger partial charge in [-0.05, 0) is 93.6 Å². The van der Waals surface area contributed by atoms with E-state index in [1.165, 1.54) is 70.1 Å². The quantitative estimate of drug-likeness (QED) is 0.604. The number of hydrogen-bond donors (Lipinski definition) is 2. The molecule has 0 aliphatic carbocycles. The van der Waals surface area contributed by atoms with E-state index >= 15 is 0 Å². The first kappa shape index (κ1) is 23.5. The first-order valence-corrected chi connectivity index (χ1v) is 13.3. The minimum atomic E-state index is -0.548. The number of hydrogen-bond acceptors (Lipinski definition) is 5. The van der Waals surface area contributed by atoms with Crippen molar-refractivity contribution in [2.75, 3.05) is 26.2 Å². The Bertz CT molecular complexity index is 926. The number of nitrogens with one attached hydrogen (secondary N) is 2. The third-order valence-electron chi connectivity index (χ3n) is 8.22. The Balaban J connectivity index is 1.14. The molecule has 3 saturated heterocycles. The van der Waals surface area contributed by atoms with E-state index in [1.807, 2.05) is 6.07 Å². The topological polar surface area (TPSA) is 81.8 Å². The predicted molar refractivity (Wildman–Crippen MR) is 130 cm³/mol. The molecule has 2 N–H and O–H groups in total. The molecule has 3 atom stereocenters. The molecule has 4 aliphatic rings. The molecule has 0 bridgehead atoms. The molecule has 1 aromatic carbocycles. The van der Waals surface area contributed by atoms with E-state index in [9.17, 15) is 14.4 Å². The van der Waals surface area contributed by atoms with Crippen molar-refractivity contribution in [3.05, 3.63) is 34.9 Å². The van der Waals surface area contributed by atoms with Crippen LogP contribution in [-0.4, -0.2) is 59.7 Å². The van der Waals surface area contributed by atoms with Gasteiger partial charge in [0, 0.05) is 31.6 Å². The third-order valence-corrected chi connectivity index (χ3v) is 8.22. The lowest BCUT2D eigenvalue weighted by Gasteiger charge is -2.33. The normalized spacial score (nSPS) is 28.2. The number of piperidine rings is 3. The summed E-state index contributed by atoms with van der Waals surface area (Å²) in [6.45, 7) is 6.08. The van der Waals surface area contributed by atoms with Crippen LogP contribution in [0.2, 0.25) is 0 Å². The van der Waals surface area contributed by atoms with Crippen molar-refractivity contribution in [1.29, 1.82) is 0 Å². The third kappa shape index (κ3) is 5.36. The molecule has 184 valence electrons. The number of likely N-dealkylation sites (tertiary alicyclic amines) is 1. The van der Waals surface area contributed by atoms with Gasteiger partial charge in [0.15, 0.2) is 0 Å². The Kier molecular flexibility index (Phi) is 7.30. The van der Waals surface area contributed by atoms with Crippen LogP contribution in [0.15, 0.2) is 18.2 Å². The van der Waals surface area contributed by atoms with E-state index in [4.69, 9.17) is 0 Å². The first-order chi connectivity index (χ1) is 16.6. The van der Waals surface area contributed by atoms with E-state index < -0.39 is 6.04 Å². The Labute approximate surface area is 202 Å². The summed E-state index contributed by atoms with van der Waals surface area (Å²) in [6.07, 6.45) is 10.1. The summed E-state index contributed by atoms with van der Waals surface area (Å²) in [5, 5.41) is 5.91. The minimum absolute atomic E-state index is 0.0951. The molecule has 0 spiro atoms. The summed E-state index contributed by atoms with van der Waals surface area (Å²) in [7, 11) is 0. The fourth-order valence-electron chi connectivity index (χ4n) is 6.38. The van der Waals surface area contributed by atoms with Crippen LogP contribution in [-0.2, 0) is 22.7 Å². The molecule has 0 aromatic heterocycles. The lowest BCUT2D eigenvalue weighted by Crippen LogP contribution is -2.52. The Morgan fingerprint density at radius 1 is 1.00 bits per heavy atom. The molecule has 4 aliphatic heterocycles. The Morgan fingerprint density at radius 3 is 2.68 bits per heavy atom. The van der Waals surface area contributed by atoms with Crippen molar-refractivity contribution in [3.8, 4) is 0 Å². The van der Waals surface area contributed by atoms with Gasteiger partial charge >= 0.3 is 0 Å². The molecule has 7 nitrogen and oxygen atoms in total. The second kappa shape index (κ2) is 10.6. The lowest BCUT2D eigenvalue weighted by molar-refractivity contribution is -0.136. The monoisotopic (exact) mass is 466 g/mol. The Morgan fingerprint density at radius 2 is 1.85 bits per heavy atom. The van der Waals surface area contributed by atoms with Gasteiger partial charge < -0.3 is 10.2 Å². The number of benzene rings is 1. The van der Waals surface area contributed by atoms with Crippen molar-refractivity contribution in [2.24, 2.45) is 11.8 Å². The van der Waals surface area contributed by atoms with Crippen LogP contribution >= 0.6 is 0 Å². The van der Waals surface area contributed by atoms with Gasteiger partial charge in [0.2, 0.25) is 11.8 Å². The van der Waals surface area contributed by atoms with E-state index in [1.54, 1.807) is 4.90 Å². The van der Waals surface area contributed by atoms with Crippen molar-refractivity contribution < 1.29 is 14.4 Å². The number of amides is 3. The smallest absolute Gasteiger partial charge is 0.255 e. The van der Waals surface area contributed by atoms with Crippen molar-refractivity contribution in [3.63, 3.8) is 0 Å². The van der Waals surface area contributed by atoms with Gasteiger partial charge in [-0.1, -0.05) is 18.6 Å². The van der Waals surface area contributed by atoms with Gasteiger partial charge in [0.1, 0.15) is 6.04 Å². The zero-order valence-electron chi connectivity index (χ0n) is 20.2. The van der Waals surface area contributed by atoms with Crippen LogP contribution in [0, 0.1) is 11.8 Å². The summed E-state index contributed by atoms with van der Waals surface area (Å²) in [4.78, 5) is 40.9. The molecule has 4 heterocycles. The SMILES string of the molecule is O=C1CCC(N2Cc3cc(CN4CCCC(CCCC5CCCNC5)C4)ccc3C2=O)C(=O)N1. The fraction of sp³-hybridized carbons (Fsp3) is 0.667. The summed E-state index contributed by atoms with van der Waals surface area (Å²) in [6, 6.07) is 5.61. The summed E-state index contributed by atoms with van der Waals surface area (Å²) in [5.74, 6) is 0.976. The molecule has 34 heavy (non-hydrogen) atoms. The number of imide groups is 1. The maximum atomic E-state index is 12.9. The van der Waals surface area contributed by atoms with E-state index in [2.05, 4.69) is 27.7 Å². The number of carbonyl (C=O) groups excluding carboxylic acids is 3. The summed E-state index contributed by atoms with van der Waals surface area (Å²) < 4.78 is 0. The molecule has 5 rings (SSSR count). The minimum Gasteiger partial charge on any atom is -0.322 e. The van der Waals surface area contributed by atoms with E-state index in [0.29, 0.717) is 18.5 Å². The largest absolute Gasteiger partial charge is 0.322 e. The predicted octanol–water partition coefficient (Wildman–Crippen LogP) is 2.83. The molecule has 3 fully saturated rings. The molecule has 1 aromatic rings. The average molecular weight is 467 g/mol. The van der Waals surface area contributed by atoms with Crippen LogP contribution in [0.25, 0.3) is 0 Å². The van der Waals surface area contributed by atoms with Crippen molar-refractivity contribution in [1.82, 2.24) is 20.4 Å². The highest BCUT2D eigenvalue weighted by Crippen LogP contribution is 2.30. The van der Waals surface area contributed by atoms with Gasteiger partial charge in [0.25, 0.3) is 5.91 Å². The van der Waals surface area contributed by atoms with Crippen molar-refractivity contribution in [2.45, 2.75) is 76.9 Å². The molecule has 0 radical (unpaired) electrons. The maximum absolute atomic E-state index is 12.9. The van der Waals surface area contributed by atoms with Gasteiger partial charge in [-0.15, -0.1) is 0 Å². The highest BCUT2D eigenvalue weighted by Gasteiger charge is 2.39. The van der Waals surface area contributed by atoms with Gasteiger partial charge in [-0.2, -0.15) is 0 Å². The molecule has 7 heteroatoms. The van der Waals surface area contributed by atoms with Gasteiger partial charge in [-0.25, -0.2) is 0 Å². The Hall–Kier alpha value is -2.25. The van der Waals surface area contributed by atoms with Gasteiger partial charge in [0.05, 0.1) is 0 Å². The van der Waals surface area contributed by atoms with Crippen LogP contribution in [0.4, 0.5) is 0 Å². The van der Waals surface area contributed by atoms with Gasteiger partial charge in [-0.3, -0.25) is 24.6 Å². The highest BCUT2D eigenvalue weighted by atomic mass is 16.2.